The number of nitrogens with one attached hydrogen (secondary N) is 1. The van der Waals surface area contributed by atoms with Gasteiger partial charge >= 0.3 is 0 Å². The molecule has 5 heteroatoms. The number of fused-ring (bicyclic) bond motifs is 2. The highest BCUT2D eigenvalue weighted by molar-refractivity contribution is 5.96. The van der Waals surface area contributed by atoms with E-state index in [0.717, 1.165) is 41.9 Å². The molecule has 0 bridgehead atoms. The fourth-order valence-corrected chi connectivity index (χ4v) is 3.05. The van der Waals surface area contributed by atoms with E-state index in [1.807, 2.05) is 37.4 Å². The van der Waals surface area contributed by atoms with Crippen molar-refractivity contribution >= 4 is 16.9 Å². The predicted octanol–water partition coefficient (Wildman–Crippen LogP) is 2.68. The van der Waals surface area contributed by atoms with E-state index in [1.165, 1.54) is 0 Å². The van der Waals surface area contributed by atoms with Crippen molar-refractivity contribution in [1.29, 1.82) is 0 Å². The molecule has 4 rings (SSSR count). The number of amides is 1. The molecule has 0 fully saturated rings. The van der Waals surface area contributed by atoms with Crippen LogP contribution in [-0.2, 0) is 13.0 Å². The number of furan rings is 1. The summed E-state index contributed by atoms with van der Waals surface area (Å²) in [5.41, 5.74) is 1.77. The second-order valence-corrected chi connectivity index (χ2v) is 5.81. The minimum absolute atomic E-state index is 0.113. The molecule has 1 aliphatic heterocycles. The van der Waals surface area contributed by atoms with Gasteiger partial charge in [0, 0.05) is 30.6 Å². The normalized spacial score (nSPS) is 17.4. The molecule has 0 saturated heterocycles. The van der Waals surface area contributed by atoms with Crippen LogP contribution in [0.15, 0.2) is 40.9 Å². The first-order valence-corrected chi connectivity index (χ1v) is 7.51. The summed E-state index contributed by atoms with van der Waals surface area (Å²) in [4.78, 5) is 16.9. The molecule has 22 heavy (non-hydrogen) atoms. The van der Waals surface area contributed by atoms with E-state index in [0.29, 0.717) is 5.76 Å². The highest BCUT2D eigenvalue weighted by Gasteiger charge is 2.23. The van der Waals surface area contributed by atoms with Crippen LogP contribution in [-0.4, -0.2) is 21.5 Å². The Morgan fingerprint density at radius 3 is 3.14 bits per heavy atom. The third kappa shape index (κ3) is 2.28. The Morgan fingerprint density at radius 2 is 2.27 bits per heavy atom. The van der Waals surface area contributed by atoms with Crippen molar-refractivity contribution in [3.8, 4) is 0 Å². The largest absolute Gasteiger partial charge is 0.451 e. The zero-order valence-corrected chi connectivity index (χ0v) is 12.4. The second kappa shape index (κ2) is 5.02. The first kappa shape index (κ1) is 13.1. The number of aryl methyl sites for hydroxylation is 2. The first-order valence-electron chi connectivity index (χ1n) is 7.51. The van der Waals surface area contributed by atoms with Gasteiger partial charge in [0.05, 0.1) is 5.69 Å². The monoisotopic (exact) mass is 295 g/mol. The summed E-state index contributed by atoms with van der Waals surface area (Å²) < 4.78 is 7.74. The molecule has 2 aromatic heterocycles. The zero-order chi connectivity index (χ0) is 15.1. The number of para-hydroxylation sites is 1. The highest BCUT2D eigenvalue weighted by atomic mass is 16.3. The van der Waals surface area contributed by atoms with Gasteiger partial charge in [-0.05, 0) is 25.5 Å². The third-order valence-electron chi connectivity index (χ3n) is 4.10. The van der Waals surface area contributed by atoms with Gasteiger partial charge in [-0.3, -0.25) is 4.79 Å². The lowest BCUT2D eigenvalue weighted by molar-refractivity contribution is 0.0901. The van der Waals surface area contributed by atoms with Gasteiger partial charge in [0.2, 0.25) is 0 Å². The van der Waals surface area contributed by atoms with Crippen molar-refractivity contribution < 1.29 is 9.21 Å². The molecule has 1 amide bonds. The molecule has 1 atom stereocenters. The van der Waals surface area contributed by atoms with Crippen LogP contribution >= 0.6 is 0 Å². The van der Waals surface area contributed by atoms with Crippen molar-refractivity contribution in [3.63, 3.8) is 0 Å². The van der Waals surface area contributed by atoms with Crippen LogP contribution in [0, 0.1) is 6.92 Å². The van der Waals surface area contributed by atoms with Crippen molar-refractivity contribution in [3.05, 3.63) is 53.8 Å². The lowest BCUT2D eigenvalue weighted by atomic mass is 10.1. The molecule has 3 aromatic rings. The smallest absolute Gasteiger partial charge is 0.287 e. The molecule has 1 aromatic carbocycles. The van der Waals surface area contributed by atoms with Crippen LogP contribution in [0.25, 0.3) is 11.0 Å². The number of imidazole rings is 1. The minimum Gasteiger partial charge on any atom is -0.451 e. The molecule has 0 aliphatic carbocycles. The Bertz CT molecular complexity index is 814. The second-order valence-electron chi connectivity index (χ2n) is 5.81. The van der Waals surface area contributed by atoms with E-state index in [4.69, 9.17) is 4.42 Å². The summed E-state index contributed by atoms with van der Waals surface area (Å²) in [7, 11) is 0. The summed E-state index contributed by atoms with van der Waals surface area (Å²) in [5, 5.41) is 4.01. The molecule has 1 aliphatic rings. The number of carbonyl (C=O) groups is 1. The van der Waals surface area contributed by atoms with E-state index in [2.05, 4.69) is 14.9 Å². The fraction of sp³-hybridized carbons (Fsp3) is 0.294. The maximum atomic E-state index is 12.4. The minimum atomic E-state index is -0.151. The Hall–Kier alpha value is -2.56. The maximum absolute atomic E-state index is 12.4. The topological polar surface area (TPSA) is 60.1 Å². The number of hydrogen-bond donors (Lipinski definition) is 1. The van der Waals surface area contributed by atoms with Gasteiger partial charge in [0.1, 0.15) is 11.4 Å². The van der Waals surface area contributed by atoms with Crippen molar-refractivity contribution in [2.75, 3.05) is 0 Å². The van der Waals surface area contributed by atoms with Crippen LogP contribution in [0.1, 0.15) is 28.5 Å². The maximum Gasteiger partial charge on any atom is 0.287 e. The Balaban J connectivity index is 1.50. The summed E-state index contributed by atoms with van der Waals surface area (Å²) in [6.07, 6.45) is 3.83. The van der Waals surface area contributed by atoms with Gasteiger partial charge in [0.15, 0.2) is 5.76 Å². The average Bonchev–Trinajstić information content (AvgIpc) is 3.08. The molecule has 0 unspecified atom stereocenters. The van der Waals surface area contributed by atoms with Gasteiger partial charge in [-0.2, -0.15) is 0 Å². The average molecular weight is 295 g/mol. The van der Waals surface area contributed by atoms with Gasteiger partial charge < -0.3 is 14.3 Å². The fourth-order valence-electron chi connectivity index (χ4n) is 3.05. The number of aromatic nitrogens is 2. The van der Waals surface area contributed by atoms with Gasteiger partial charge in [-0.15, -0.1) is 0 Å². The molecule has 1 N–H and O–H groups in total. The molecular formula is C17H17N3O2. The summed E-state index contributed by atoms with van der Waals surface area (Å²) >= 11 is 0. The molecule has 112 valence electrons. The highest BCUT2D eigenvalue weighted by Crippen LogP contribution is 2.20. The molecular weight excluding hydrogens is 278 g/mol. The SMILES string of the molecule is Cc1cn2c(n1)CC[C@@H](NC(=O)c1cc3ccccc3o1)C2. The van der Waals surface area contributed by atoms with E-state index in [9.17, 15) is 4.79 Å². The van der Waals surface area contributed by atoms with Crippen LogP contribution in [0.5, 0.6) is 0 Å². The zero-order valence-electron chi connectivity index (χ0n) is 12.4. The van der Waals surface area contributed by atoms with Crippen LogP contribution in [0.2, 0.25) is 0 Å². The van der Waals surface area contributed by atoms with E-state index in [1.54, 1.807) is 6.07 Å². The summed E-state index contributed by atoms with van der Waals surface area (Å²) in [5.74, 6) is 1.32. The van der Waals surface area contributed by atoms with E-state index >= 15 is 0 Å². The van der Waals surface area contributed by atoms with Crippen molar-refractivity contribution in [2.24, 2.45) is 0 Å². The number of rotatable bonds is 2. The van der Waals surface area contributed by atoms with Gasteiger partial charge in [0.25, 0.3) is 5.91 Å². The van der Waals surface area contributed by atoms with Crippen LogP contribution < -0.4 is 5.32 Å². The van der Waals surface area contributed by atoms with E-state index in [-0.39, 0.29) is 11.9 Å². The Labute approximate surface area is 127 Å². The van der Waals surface area contributed by atoms with Crippen LogP contribution in [0.4, 0.5) is 0 Å². The van der Waals surface area contributed by atoms with Crippen molar-refractivity contribution in [1.82, 2.24) is 14.9 Å². The molecule has 0 saturated carbocycles. The summed E-state index contributed by atoms with van der Waals surface area (Å²) in [6.45, 7) is 2.76. The van der Waals surface area contributed by atoms with Crippen LogP contribution in [0.3, 0.4) is 0 Å². The third-order valence-corrected chi connectivity index (χ3v) is 4.10. The first-order chi connectivity index (χ1) is 10.7. The standard InChI is InChI=1S/C17H17N3O2/c1-11-9-20-10-13(6-7-16(20)18-11)19-17(21)15-8-12-4-2-3-5-14(12)22-15/h2-5,8-9,13H,6-7,10H2,1H3,(H,19,21)/t13-/m1/s1. The van der Waals surface area contributed by atoms with E-state index < -0.39 is 0 Å². The lowest BCUT2D eigenvalue weighted by Gasteiger charge is -2.24. The molecule has 3 heterocycles. The molecule has 0 radical (unpaired) electrons. The molecule has 0 spiro atoms. The Kier molecular flexibility index (Phi) is 2.99. The lowest BCUT2D eigenvalue weighted by Crippen LogP contribution is -2.40. The summed E-state index contributed by atoms with van der Waals surface area (Å²) in [6, 6.07) is 9.55. The van der Waals surface area contributed by atoms with Gasteiger partial charge in [-0.1, -0.05) is 18.2 Å². The number of hydrogen-bond acceptors (Lipinski definition) is 3. The van der Waals surface area contributed by atoms with Crippen molar-refractivity contribution in [2.45, 2.75) is 32.4 Å². The Morgan fingerprint density at radius 1 is 1.41 bits per heavy atom. The molecule has 5 nitrogen and oxygen atoms in total. The van der Waals surface area contributed by atoms with Gasteiger partial charge in [-0.25, -0.2) is 4.98 Å². The number of nitrogens with zero attached hydrogens (tertiary/aromatic N) is 2. The number of benzene rings is 1. The number of carbonyl (C=O) groups excluding carboxylic acids is 1. The predicted molar refractivity (Wildman–Crippen MR) is 82.8 cm³/mol. The quantitative estimate of drug-likeness (QED) is 0.790.